The summed E-state index contributed by atoms with van der Waals surface area (Å²) in [6, 6.07) is 0. The SMILES string of the molecule is [B]C1OC2(COC)C(O)=C(OC2C)P1. The van der Waals surface area contributed by atoms with Crippen molar-refractivity contribution >= 4 is 16.4 Å². The minimum atomic E-state index is -0.894. The molecule has 2 rings (SSSR count). The van der Waals surface area contributed by atoms with Crippen molar-refractivity contribution in [2.45, 2.75) is 24.4 Å². The van der Waals surface area contributed by atoms with Gasteiger partial charge in [-0.25, -0.2) is 0 Å². The van der Waals surface area contributed by atoms with E-state index in [1.807, 2.05) is 6.92 Å². The number of aliphatic hydroxyl groups is 1. The Morgan fingerprint density at radius 2 is 2.43 bits per heavy atom. The monoisotopic (exact) mass is 214 g/mol. The minimum Gasteiger partial charge on any atom is -0.506 e. The summed E-state index contributed by atoms with van der Waals surface area (Å²) in [6.07, 6.45) is -0.251. The summed E-state index contributed by atoms with van der Waals surface area (Å²) in [4.78, 5) is 0. The van der Waals surface area contributed by atoms with Crippen molar-refractivity contribution in [3.63, 3.8) is 0 Å². The molecule has 4 nitrogen and oxygen atoms in total. The molecular formula is C8H12BO4P. The molecule has 0 aromatic rings. The Labute approximate surface area is 85.8 Å². The van der Waals surface area contributed by atoms with E-state index in [0.29, 0.717) is 5.50 Å². The molecule has 2 aliphatic heterocycles. The summed E-state index contributed by atoms with van der Waals surface area (Å²) >= 11 is 0. The van der Waals surface area contributed by atoms with Gasteiger partial charge in [0.15, 0.2) is 16.9 Å². The molecule has 76 valence electrons. The fourth-order valence-electron chi connectivity index (χ4n) is 1.79. The number of fused-ring (bicyclic) bond motifs is 1. The van der Waals surface area contributed by atoms with Crippen molar-refractivity contribution in [2.75, 3.05) is 13.7 Å². The van der Waals surface area contributed by atoms with Crippen molar-refractivity contribution in [3.05, 3.63) is 11.3 Å². The van der Waals surface area contributed by atoms with Crippen LogP contribution in [0.1, 0.15) is 6.92 Å². The van der Waals surface area contributed by atoms with E-state index in [2.05, 4.69) is 0 Å². The number of hydrogen-bond acceptors (Lipinski definition) is 4. The predicted octanol–water partition coefficient (Wildman–Crippen LogP) is 0.678. The first-order valence-electron chi connectivity index (χ1n) is 4.39. The van der Waals surface area contributed by atoms with E-state index in [-0.39, 0.29) is 27.1 Å². The Morgan fingerprint density at radius 1 is 1.71 bits per heavy atom. The fourth-order valence-corrected chi connectivity index (χ4v) is 2.91. The van der Waals surface area contributed by atoms with Crippen molar-refractivity contribution in [2.24, 2.45) is 0 Å². The van der Waals surface area contributed by atoms with Gasteiger partial charge in [-0.1, -0.05) is 0 Å². The highest BCUT2D eigenvalue weighted by molar-refractivity contribution is 7.45. The Morgan fingerprint density at radius 3 is 3.07 bits per heavy atom. The van der Waals surface area contributed by atoms with E-state index in [4.69, 9.17) is 22.1 Å². The Bertz CT molecular complexity index is 283. The number of hydrogen-bond donors (Lipinski definition) is 1. The second-order valence-corrected chi connectivity index (χ2v) is 4.75. The molecule has 2 aliphatic rings. The smallest absolute Gasteiger partial charge is 0.187 e. The van der Waals surface area contributed by atoms with Gasteiger partial charge in [0, 0.05) is 12.9 Å². The third-order valence-corrected chi connectivity index (χ3v) is 3.56. The standard InChI is InChI=1S/C8H12BO4P/c1-4-8(3-11-2)5(10)6(12-4)14-7(9)13-8/h4,7,10,14H,3H2,1-2H3. The van der Waals surface area contributed by atoms with Gasteiger partial charge in [0.1, 0.15) is 14.0 Å². The van der Waals surface area contributed by atoms with Crippen LogP contribution in [0, 0.1) is 0 Å². The number of rotatable bonds is 2. The van der Waals surface area contributed by atoms with Crippen LogP contribution >= 0.6 is 8.58 Å². The highest BCUT2D eigenvalue weighted by Gasteiger charge is 2.54. The fraction of sp³-hybridized carbons (Fsp3) is 0.750. The highest BCUT2D eigenvalue weighted by atomic mass is 31.1. The zero-order valence-electron chi connectivity index (χ0n) is 8.11. The molecule has 0 saturated carbocycles. The van der Waals surface area contributed by atoms with Crippen LogP contribution in [0.15, 0.2) is 11.3 Å². The summed E-state index contributed by atoms with van der Waals surface area (Å²) in [5, 5.41) is 9.88. The molecular weight excluding hydrogens is 202 g/mol. The average molecular weight is 214 g/mol. The molecule has 0 aromatic heterocycles. The summed E-state index contributed by atoms with van der Waals surface area (Å²) in [7, 11) is 7.43. The van der Waals surface area contributed by atoms with Gasteiger partial charge in [-0.3, -0.25) is 0 Å². The Balaban J connectivity index is 2.34. The lowest BCUT2D eigenvalue weighted by molar-refractivity contribution is -0.115. The van der Waals surface area contributed by atoms with Crippen molar-refractivity contribution < 1.29 is 19.3 Å². The maximum Gasteiger partial charge on any atom is 0.187 e. The van der Waals surface area contributed by atoms with Crippen molar-refractivity contribution in [1.82, 2.24) is 0 Å². The summed E-state index contributed by atoms with van der Waals surface area (Å²) in [5.74, 6) is -0.257. The lowest BCUT2D eigenvalue weighted by Gasteiger charge is -2.34. The van der Waals surface area contributed by atoms with Crippen LogP contribution in [0.3, 0.4) is 0 Å². The maximum absolute atomic E-state index is 9.88. The molecule has 14 heavy (non-hydrogen) atoms. The van der Waals surface area contributed by atoms with Gasteiger partial charge in [0.25, 0.3) is 0 Å². The van der Waals surface area contributed by atoms with E-state index in [0.717, 1.165) is 0 Å². The van der Waals surface area contributed by atoms with Crippen molar-refractivity contribution in [1.29, 1.82) is 0 Å². The first-order valence-corrected chi connectivity index (χ1v) is 5.47. The van der Waals surface area contributed by atoms with Crippen LogP contribution in [0.25, 0.3) is 0 Å². The third-order valence-electron chi connectivity index (χ3n) is 2.54. The second-order valence-electron chi connectivity index (χ2n) is 3.44. The maximum atomic E-state index is 9.88. The molecule has 0 spiro atoms. The normalized spacial score (nSPS) is 43.0. The van der Waals surface area contributed by atoms with Gasteiger partial charge in [-0.05, 0) is 15.5 Å². The minimum absolute atomic E-state index is 0.145. The molecule has 2 radical (unpaired) electrons. The zero-order valence-corrected chi connectivity index (χ0v) is 9.11. The number of aliphatic hydroxyl groups excluding tert-OH is 1. The molecule has 0 aromatic carbocycles. The van der Waals surface area contributed by atoms with Crippen LogP contribution in [0.4, 0.5) is 0 Å². The average Bonchev–Trinajstić information content (AvgIpc) is 2.29. The molecule has 1 N–H and O–H groups in total. The van der Waals surface area contributed by atoms with Gasteiger partial charge in [-0.15, -0.1) is 0 Å². The summed E-state index contributed by atoms with van der Waals surface area (Å²) in [5.41, 5.74) is -0.331. The summed E-state index contributed by atoms with van der Waals surface area (Å²) in [6.45, 7) is 2.09. The first kappa shape index (κ1) is 10.3. The molecule has 4 atom stereocenters. The molecule has 2 bridgehead atoms. The zero-order chi connectivity index (χ0) is 10.3. The first-order chi connectivity index (χ1) is 6.60. The molecule has 0 aliphatic carbocycles. The molecule has 0 fully saturated rings. The largest absolute Gasteiger partial charge is 0.506 e. The lowest BCUT2D eigenvalue weighted by Crippen LogP contribution is -2.48. The molecule has 4 unspecified atom stereocenters. The Hall–Kier alpha value is -0.245. The van der Waals surface area contributed by atoms with Gasteiger partial charge >= 0.3 is 0 Å². The van der Waals surface area contributed by atoms with Crippen LogP contribution < -0.4 is 0 Å². The number of ether oxygens (including phenoxy) is 3. The Kier molecular flexibility index (Phi) is 2.50. The predicted molar refractivity (Wildman–Crippen MR) is 53.8 cm³/mol. The second kappa shape index (κ2) is 3.40. The van der Waals surface area contributed by atoms with E-state index >= 15 is 0 Å². The number of methoxy groups -OCH3 is 1. The van der Waals surface area contributed by atoms with Crippen molar-refractivity contribution in [3.8, 4) is 0 Å². The van der Waals surface area contributed by atoms with E-state index in [1.54, 1.807) is 7.11 Å². The van der Waals surface area contributed by atoms with E-state index in [9.17, 15) is 5.11 Å². The van der Waals surface area contributed by atoms with E-state index < -0.39 is 11.3 Å². The van der Waals surface area contributed by atoms with Gasteiger partial charge in [0.05, 0.1) is 6.61 Å². The molecule has 0 saturated heterocycles. The van der Waals surface area contributed by atoms with E-state index in [1.165, 1.54) is 0 Å². The molecule has 2 heterocycles. The third kappa shape index (κ3) is 1.27. The lowest BCUT2D eigenvalue weighted by atomic mass is 9.97. The topological polar surface area (TPSA) is 47.9 Å². The van der Waals surface area contributed by atoms with Gasteiger partial charge < -0.3 is 19.3 Å². The summed E-state index contributed by atoms with van der Waals surface area (Å²) < 4.78 is 16.1. The van der Waals surface area contributed by atoms with Gasteiger partial charge in [-0.2, -0.15) is 0 Å². The van der Waals surface area contributed by atoms with Crippen LogP contribution in [-0.4, -0.2) is 44.1 Å². The molecule has 0 amide bonds. The van der Waals surface area contributed by atoms with Crippen LogP contribution in [-0.2, 0) is 14.2 Å². The van der Waals surface area contributed by atoms with Gasteiger partial charge in [0.2, 0.25) is 0 Å². The highest BCUT2D eigenvalue weighted by Crippen LogP contribution is 2.51. The van der Waals surface area contributed by atoms with Crippen LogP contribution in [0.2, 0.25) is 0 Å². The van der Waals surface area contributed by atoms with Crippen LogP contribution in [0.5, 0.6) is 0 Å². The molecule has 6 heteroatoms. The quantitative estimate of drug-likeness (QED) is 0.542.